The molecule has 1 saturated heterocycles. The second-order valence-electron chi connectivity index (χ2n) is 7.92. The molecule has 0 unspecified atom stereocenters. The summed E-state index contributed by atoms with van der Waals surface area (Å²) in [5.74, 6) is -1.23. The number of hydrogen-bond acceptors (Lipinski definition) is 5. The van der Waals surface area contributed by atoms with E-state index in [4.69, 9.17) is 4.74 Å². The molecule has 1 fully saturated rings. The standard InChI is InChI=1S/C19H28N2O5S/c1-19(2,3)15-5-7-16(8-6-15)20-17(22)13-26-18(23)14-9-11-21(12-10-14)27(4,24)25/h5-8,14H,9-13H2,1-4H3,(H,20,22). The van der Waals surface area contributed by atoms with Crippen LogP contribution < -0.4 is 5.32 Å². The number of hydrogen-bond donors (Lipinski definition) is 1. The molecular formula is C19H28N2O5S. The molecular weight excluding hydrogens is 368 g/mol. The number of amides is 1. The van der Waals surface area contributed by atoms with Crippen molar-refractivity contribution in [1.82, 2.24) is 4.31 Å². The summed E-state index contributed by atoms with van der Waals surface area (Å²) in [6, 6.07) is 7.55. The monoisotopic (exact) mass is 396 g/mol. The van der Waals surface area contributed by atoms with Crippen molar-refractivity contribution < 1.29 is 22.7 Å². The first kappa shape index (κ1) is 21.4. The van der Waals surface area contributed by atoms with Crippen molar-refractivity contribution in [1.29, 1.82) is 0 Å². The first-order valence-electron chi connectivity index (χ1n) is 8.99. The average molecular weight is 397 g/mol. The van der Waals surface area contributed by atoms with Gasteiger partial charge in [0.25, 0.3) is 5.91 Å². The van der Waals surface area contributed by atoms with Crippen LogP contribution in [0.4, 0.5) is 5.69 Å². The zero-order chi connectivity index (χ0) is 20.2. The van der Waals surface area contributed by atoms with Gasteiger partial charge in [0.15, 0.2) is 6.61 Å². The Kier molecular flexibility index (Phi) is 6.64. The minimum absolute atomic E-state index is 0.0325. The Bertz CT molecular complexity index is 773. The summed E-state index contributed by atoms with van der Waals surface area (Å²) in [6.07, 6.45) is 1.97. The number of nitrogens with zero attached hydrogens (tertiary/aromatic N) is 1. The summed E-state index contributed by atoms with van der Waals surface area (Å²) in [6.45, 7) is 6.57. The van der Waals surface area contributed by atoms with Gasteiger partial charge >= 0.3 is 5.97 Å². The van der Waals surface area contributed by atoms with Gasteiger partial charge in [-0.05, 0) is 36.0 Å². The second kappa shape index (κ2) is 8.39. The number of nitrogens with one attached hydrogen (secondary N) is 1. The number of sulfonamides is 1. The molecule has 1 heterocycles. The van der Waals surface area contributed by atoms with Crippen LogP contribution in [0.2, 0.25) is 0 Å². The molecule has 0 spiro atoms. The Hall–Kier alpha value is -1.93. The first-order valence-corrected chi connectivity index (χ1v) is 10.8. The molecule has 1 aliphatic heterocycles. The molecule has 27 heavy (non-hydrogen) atoms. The highest BCUT2D eigenvalue weighted by atomic mass is 32.2. The number of ether oxygens (including phenoxy) is 1. The molecule has 1 aliphatic rings. The van der Waals surface area contributed by atoms with Gasteiger partial charge in [0.2, 0.25) is 10.0 Å². The number of anilines is 1. The van der Waals surface area contributed by atoms with E-state index in [2.05, 4.69) is 26.1 Å². The molecule has 7 nitrogen and oxygen atoms in total. The van der Waals surface area contributed by atoms with Crippen LogP contribution >= 0.6 is 0 Å². The fourth-order valence-corrected chi connectivity index (χ4v) is 3.80. The van der Waals surface area contributed by atoms with E-state index in [-0.39, 0.29) is 17.9 Å². The molecule has 0 aliphatic carbocycles. The third kappa shape index (κ3) is 6.32. The molecule has 2 rings (SSSR count). The molecule has 150 valence electrons. The van der Waals surface area contributed by atoms with E-state index < -0.39 is 21.9 Å². The van der Waals surface area contributed by atoms with Crippen molar-refractivity contribution in [3.05, 3.63) is 29.8 Å². The van der Waals surface area contributed by atoms with Crippen molar-refractivity contribution in [2.24, 2.45) is 5.92 Å². The lowest BCUT2D eigenvalue weighted by atomic mass is 9.87. The molecule has 1 N–H and O–H groups in total. The number of rotatable bonds is 5. The summed E-state index contributed by atoms with van der Waals surface area (Å²) >= 11 is 0. The third-order valence-corrected chi connectivity index (χ3v) is 5.94. The van der Waals surface area contributed by atoms with E-state index in [0.29, 0.717) is 31.6 Å². The average Bonchev–Trinajstić information content (AvgIpc) is 2.58. The van der Waals surface area contributed by atoms with Crippen molar-refractivity contribution in [3.8, 4) is 0 Å². The van der Waals surface area contributed by atoms with Crippen LogP contribution in [0.3, 0.4) is 0 Å². The van der Waals surface area contributed by atoms with Gasteiger partial charge in [0.1, 0.15) is 0 Å². The van der Waals surface area contributed by atoms with Gasteiger partial charge < -0.3 is 10.1 Å². The zero-order valence-electron chi connectivity index (χ0n) is 16.3. The number of piperidine rings is 1. The molecule has 1 aromatic rings. The molecule has 8 heteroatoms. The van der Waals surface area contributed by atoms with Crippen LogP contribution in [0.1, 0.15) is 39.2 Å². The molecule has 1 aromatic carbocycles. The van der Waals surface area contributed by atoms with E-state index in [1.807, 2.05) is 24.3 Å². The van der Waals surface area contributed by atoms with Gasteiger partial charge in [-0.3, -0.25) is 9.59 Å². The SMILES string of the molecule is CC(C)(C)c1ccc(NC(=O)COC(=O)C2CCN(S(C)(=O)=O)CC2)cc1. The third-order valence-electron chi connectivity index (χ3n) is 4.64. The Balaban J connectivity index is 1.78. The number of carbonyl (C=O) groups excluding carboxylic acids is 2. The van der Waals surface area contributed by atoms with E-state index in [9.17, 15) is 18.0 Å². The van der Waals surface area contributed by atoms with Crippen LogP contribution in [-0.4, -0.2) is 50.6 Å². The van der Waals surface area contributed by atoms with Crippen LogP contribution in [0.15, 0.2) is 24.3 Å². The van der Waals surface area contributed by atoms with Gasteiger partial charge in [0, 0.05) is 18.8 Å². The van der Waals surface area contributed by atoms with E-state index in [0.717, 1.165) is 11.8 Å². The van der Waals surface area contributed by atoms with Gasteiger partial charge in [-0.1, -0.05) is 32.9 Å². The van der Waals surface area contributed by atoms with Crippen LogP contribution in [-0.2, 0) is 29.8 Å². The lowest BCUT2D eigenvalue weighted by Crippen LogP contribution is -2.40. The Morgan fingerprint density at radius 1 is 1.15 bits per heavy atom. The number of carbonyl (C=O) groups is 2. The van der Waals surface area contributed by atoms with Gasteiger partial charge in [0.05, 0.1) is 12.2 Å². The highest BCUT2D eigenvalue weighted by Crippen LogP contribution is 2.23. The summed E-state index contributed by atoms with van der Waals surface area (Å²) in [7, 11) is -3.23. The fraction of sp³-hybridized carbons (Fsp3) is 0.579. The topological polar surface area (TPSA) is 92.8 Å². The molecule has 0 atom stereocenters. The fourth-order valence-electron chi connectivity index (χ4n) is 2.93. The maximum Gasteiger partial charge on any atom is 0.309 e. The quantitative estimate of drug-likeness (QED) is 0.770. The maximum atomic E-state index is 12.1. The molecule has 1 amide bonds. The predicted octanol–water partition coefficient (Wildman–Crippen LogP) is 2.14. The molecule has 0 radical (unpaired) electrons. The number of benzene rings is 1. The number of esters is 1. The van der Waals surface area contributed by atoms with Crippen LogP contribution in [0, 0.1) is 5.92 Å². The highest BCUT2D eigenvalue weighted by molar-refractivity contribution is 7.88. The molecule has 0 saturated carbocycles. The van der Waals surface area contributed by atoms with Crippen molar-refractivity contribution in [2.45, 2.75) is 39.0 Å². The van der Waals surface area contributed by atoms with Gasteiger partial charge in [-0.2, -0.15) is 0 Å². The van der Waals surface area contributed by atoms with Crippen molar-refractivity contribution >= 4 is 27.6 Å². The van der Waals surface area contributed by atoms with Gasteiger partial charge in [-0.15, -0.1) is 0 Å². The Morgan fingerprint density at radius 2 is 1.70 bits per heavy atom. The minimum Gasteiger partial charge on any atom is -0.455 e. The normalized spacial score (nSPS) is 16.7. The van der Waals surface area contributed by atoms with Crippen molar-refractivity contribution in [3.63, 3.8) is 0 Å². The van der Waals surface area contributed by atoms with Crippen LogP contribution in [0.25, 0.3) is 0 Å². The summed E-state index contributed by atoms with van der Waals surface area (Å²) in [5, 5.41) is 2.70. The lowest BCUT2D eigenvalue weighted by molar-refractivity contribution is -0.152. The first-order chi connectivity index (χ1) is 12.5. The van der Waals surface area contributed by atoms with E-state index >= 15 is 0 Å². The maximum absolute atomic E-state index is 12.1. The van der Waals surface area contributed by atoms with E-state index in [1.165, 1.54) is 4.31 Å². The largest absolute Gasteiger partial charge is 0.455 e. The zero-order valence-corrected chi connectivity index (χ0v) is 17.1. The Labute approximate surface area is 161 Å². The Morgan fingerprint density at radius 3 is 2.19 bits per heavy atom. The predicted molar refractivity (Wildman–Crippen MR) is 104 cm³/mol. The minimum atomic E-state index is -3.23. The summed E-state index contributed by atoms with van der Waals surface area (Å²) in [4.78, 5) is 24.1. The second-order valence-corrected chi connectivity index (χ2v) is 9.90. The van der Waals surface area contributed by atoms with E-state index in [1.54, 1.807) is 0 Å². The van der Waals surface area contributed by atoms with Crippen molar-refractivity contribution in [2.75, 3.05) is 31.3 Å². The van der Waals surface area contributed by atoms with Gasteiger partial charge in [-0.25, -0.2) is 12.7 Å². The summed E-state index contributed by atoms with van der Waals surface area (Å²) in [5.41, 5.74) is 1.84. The molecule has 0 aromatic heterocycles. The lowest BCUT2D eigenvalue weighted by Gasteiger charge is -2.28. The summed E-state index contributed by atoms with van der Waals surface area (Å²) < 4.78 is 29.4. The smallest absolute Gasteiger partial charge is 0.309 e. The molecule has 0 bridgehead atoms. The highest BCUT2D eigenvalue weighted by Gasteiger charge is 2.30. The van der Waals surface area contributed by atoms with Crippen LogP contribution in [0.5, 0.6) is 0 Å².